The van der Waals surface area contributed by atoms with Gasteiger partial charge in [0.15, 0.2) is 0 Å². The monoisotopic (exact) mass is 285 g/mol. The highest BCUT2D eigenvalue weighted by atomic mass is 35.5. The number of hydrogen-bond donors (Lipinski definition) is 1. The average Bonchev–Trinajstić information content (AvgIpc) is 3.16. The predicted molar refractivity (Wildman–Crippen MR) is 86.2 cm³/mol. The molecule has 2 N–H and O–H groups in total. The minimum atomic E-state index is 0. The van der Waals surface area contributed by atoms with Gasteiger partial charge >= 0.3 is 0 Å². The molecule has 0 amide bonds. The fraction of sp³-hybridized carbons (Fsp3) is 0.333. The van der Waals surface area contributed by atoms with Crippen molar-refractivity contribution in [3.8, 4) is 11.1 Å². The van der Waals surface area contributed by atoms with E-state index in [0.29, 0.717) is 0 Å². The maximum absolute atomic E-state index is 6.34. The second-order valence-corrected chi connectivity index (χ2v) is 6.04. The minimum absolute atomic E-state index is 0. The zero-order valence-corrected chi connectivity index (χ0v) is 12.3. The van der Waals surface area contributed by atoms with Gasteiger partial charge in [0.05, 0.1) is 0 Å². The fourth-order valence-corrected chi connectivity index (χ4v) is 3.24. The third kappa shape index (κ3) is 2.36. The lowest BCUT2D eigenvalue weighted by Gasteiger charge is -2.13. The van der Waals surface area contributed by atoms with Gasteiger partial charge in [0.25, 0.3) is 0 Å². The maximum Gasteiger partial charge on any atom is 0.0297 e. The van der Waals surface area contributed by atoms with Gasteiger partial charge in [-0.3, -0.25) is 0 Å². The van der Waals surface area contributed by atoms with Gasteiger partial charge in [-0.1, -0.05) is 55.3 Å². The first-order chi connectivity index (χ1) is 9.31. The summed E-state index contributed by atoms with van der Waals surface area (Å²) in [5.41, 5.74) is 13.4. The zero-order valence-electron chi connectivity index (χ0n) is 11.5. The Morgan fingerprint density at radius 2 is 1.75 bits per heavy atom. The van der Waals surface area contributed by atoms with Gasteiger partial charge in [0.2, 0.25) is 0 Å². The van der Waals surface area contributed by atoms with Crippen molar-refractivity contribution in [2.24, 2.45) is 11.7 Å². The number of rotatable bonds is 3. The molecule has 2 aromatic rings. The van der Waals surface area contributed by atoms with E-state index >= 15 is 0 Å². The van der Waals surface area contributed by atoms with E-state index in [1.165, 1.54) is 40.7 Å². The standard InChI is InChI=1S/C18H19N.ClH/c19-18(9-12-5-6-12)14-7-8-17-15(11-14)10-13-3-1-2-4-16(13)17;/h1-4,7-8,11-12,18H,5-6,9-10,19H2;1H/t18-;/m1./s1. The fourth-order valence-electron chi connectivity index (χ4n) is 3.24. The third-order valence-corrected chi connectivity index (χ3v) is 4.53. The van der Waals surface area contributed by atoms with Gasteiger partial charge in [-0.2, -0.15) is 0 Å². The van der Waals surface area contributed by atoms with E-state index in [2.05, 4.69) is 42.5 Å². The van der Waals surface area contributed by atoms with Crippen LogP contribution in [0.1, 0.15) is 42.0 Å². The molecular weight excluding hydrogens is 266 g/mol. The third-order valence-electron chi connectivity index (χ3n) is 4.53. The van der Waals surface area contributed by atoms with Crippen molar-refractivity contribution < 1.29 is 0 Å². The Morgan fingerprint density at radius 3 is 2.55 bits per heavy atom. The normalized spacial score (nSPS) is 17.1. The molecule has 0 aromatic heterocycles. The molecule has 2 heteroatoms. The Kier molecular flexibility index (Phi) is 3.57. The molecule has 4 rings (SSSR count). The van der Waals surface area contributed by atoms with E-state index in [9.17, 15) is 0 Å². The Bertz CT molecular complexity index is 631. The molecule has 2 aliphatic rings. The SMILES string of the molecule is Cl.N[C@H](CC1CC1)c1ccc2c(c1)Cc1ccccc1-2. The lowest BCUT2D eigenvalue weighted by Crippen LogP contribution is -2.11. The molecule has 0 heterocycles. The number of benzene rings is 2. The quantitative estimate of drug-likeness (QED) is 0.754. The highest BCUT2D eigenvalue weighted by Crippen LogP contribution is 2.40. The Balaban J connectivity index is 0.00000121. The van der Waals surface area contributed by atoms with E-state index in [-0.39, 0.29) is 18.4 Å². The van der Waals surface area contributed by atoms with Gasteiger partial charge in [-0.15, -0.1) is 12.4 Å². The molecule has 2 aliphatic carbocycles. The number of hydrogen-bond acceptors (Lipinski definition) is 1. The van der Waals surface area contributed by atoms with Gasteiger partial charge in [-0.05, 0) is 46.6 Å². The largest absolute Gasteiger partial charge is 0.324 e. The zero-order chi connectivity index (χ0) is 12.8. The molecule has 1 saturated carbocycles. The van der Waals surface area contributed by atoms with E-state index in [4.69, 9.17) is 5.73 Å². The molecular formula is C18H20ClN. The topological polar surface area (TPSA) is 26.0 Å². The van der Waals surface area contributed by atoms with Crippen LogP contribution in [0.2, 0.25) is 0 Å². The van der Waals surface area contributed by atoms with Gasteiger partial charge in [-0.25, -0.2) is 0 Å². The molecule has 1 fully saturated rings. The van der Waals surface area contributed by atoms with Crippen molar-refractivity contribution >= 4 is 12.4 Å². The van der Waals surface area contributed by atoms with E-state index in [0.717, 1.165) is 18.8 Å². The molecule has 104 valence electrons. The summed E-state index contributed by atoms with van der Waals surface area (Å²) in [5, 5.41) is 0. The Morgan fingerprint density at radius 1 is 1.00 bits per heavy atom. The Hall–Kier alpha value is -1.31. The van der Waals surface area contributed by atoms with Crippen LogP contribution in [-0.2, 0) is 6.42 Å². The summed E-state index contributed by atoms with van der Waals surface area (Å²) in [5.74, 6) is 0.889. The van der Waals surface area contributed by atoms with Crippen LogP contribution >= 0.6 is 12.4 Å². The highest BCUT2D eigenvalue weighted by Gasteiger charge is 2.25. The number of fused-ring (bicyclic) bond motifs is 3. The lowest BCUT2D eigenvalue weighted by molar-refractivity contribution is 0.597. The first-order valence-electron chi connectivity index (χ1n) is 7.28. The summed E-state index contributed by atoms with van der Waals surface area (Å²) < 4.78 is 0. The molecule has 20 heavy (non-hydrogen) atoms. The van der Waals surface area contributed by atoms with Gasteiger partial charge < -0.3 is 5.73 Å². The summed E-state index contributed by atoms with van der Waals surface area (Å²) in [7, 11) is 0. The predicted octanol–water partition coefficient (Wildman–Crippen LogP) is 4.48. The van der Waals surface area contributed by atoms with Crippen LogP contribution in [0.5, 0.6) is 0 Å². The van der Waals surface area contributed by atoms with Crippen LogP contribution in [0.3, 0.4) is 0 Å². The van der Waals surface area contributed by atoms with Gasteiger partial charge in [0.1, 0.15) is 0 Å². The van der Waals surface area contributed by atoms with E-state index in [1.54, 1.807) is 0 Å². The van der Waals surface area contributed by atoms with Gasteiger partial charge in [0, 0.05) is 6.04 Å². The minimum Gasteiger partial charge on any atom is -0.324 e. The Labute approximate surface area is 126 Å². The smallest absolute Gasteiger partial charge is 0.0297 e. The molecule has 0 aliphatic heterocycles. The van der Waals surface area contributed by atoms with Crippen LogP contribution in [0, 0.1) is 5.92 Å². The highest BCUT2D eigenvalue weighted by molar-refractivity contribution is 5.85. The van der Waals surface area contributed by atoms with Crippen molar-refractivity contribution in [2.75, 3.05) is 0 Å². The van der Waals surface area contributed by atoms with Crippen molar-refractivity contribution in [3.63, 3.8) is 0 Å². The molecule has 1 atom stereocenters. The molecule has 0 radical (unpaired) electrons. The molecule has 0 unspecified atom stereocenters. The van der Waals surface area contributed by atoms with Crippen LogP contribution in [0.25, 0.3) is 11.1 Å². The van der Waals surface area contributed by atoms with Crippen LogP contribution in [0.15, 0.2) is 42.5 Å². The van der Waals surface area contributed by atoms with Crippen LogP contribution in [0.4, 0.5) is 0 Å². The summed E-state index contributed by atoms with van der Waals surface area (Å²) in [6.07, 6.45) is 4.98. The molecule has 0 saturated heterocycles. The maximum atomic E-state index is 6.34. The average molecular weight is 286 g/mol. The number of nitrogens with two attached hydrogens (primary N) is 1. The van der Waals surface area contributed by atoms with Crippen LogP contribution < -0.4 is 5.73 Å². The van der Waals surface area contributed by atoms with Crippen LogP contribution in [-0.4, -0.2) is 0 Å². The van der Waals surface area contributed by atoms with Crippen molar-refractivity contribution in [1.82, 2.24) is 0 Å². The summed E-state index contributed by atoms with van der Waals surface area (Å²) in [6, 6.07) is 15.8. The molecule has 0 spiro atoms. The molecule has 2 aromatic carbocycles. The lowest BCUT2D eigenvalue weighted by atomic mass is 9.97. The second kappa shape index (κ2) is 5.23. The van der Waals surface area contributed by atoms with Crippen molar-refractivity contribution in [3.05, 3.63) is 59.2 Å². The first-order valence-corrected chi connectivity index (χ1v) is 7.28. The summed E-state index contributed by atoms with van der Waals surface area (Å²) in [4.78, 5) is 0. The summed E-state index contributed by atoms with van der Waals surface area (Å²) >= 11 is 0. The first kappa shape index (κ1) is 13.7. The van der Waals surface area contributed by atoms with E-state index < -0.39 is 0 Å². The number of halogens is 1. The second-order valence-electron chi connectivity index (χ2n) is 6.04. The van der Waals surface area contributed by atoms with Crippen molar-refractivity contribution in [2.45, 2.75) is 31.7 Å². The summed E-state index contributed by atoms with van der Waals surface area (Å²) in [6.45, 7) is 0. The van der Waals surface area contributed by atoms with Crippen molar-refractivity contribution in [1.29, 1.82) is 0 Å². The van der Waals surface area contributed by atoms with E-state index in [1.807, 2.05) is 0 Å². The molecule has 1 nitrogen and oxygen atoms in total. The molecule has 0 bridgehead atoms.